The Hall–Kier alpha value is -4.25. The standard InChI is InChI=1S/C28H31F2N7O2/c1-5-36(4)28(38)23-26(34-18-6-8-19(9-7-18)37-12-10-35(3)11-13-37)31-16-32-27(23)39-22-15-21(29)25-20(24(22)30)14-17(2)33-25/h6-9,14-16,33H,5,10-13H2,1-4H3,(H,31,32,34). The molecule has 0 spiro atoms. The molecule has 9 nitrogen and oxygen atoms in total. The number of likely N-dealkylation sites (N-methyl/N-ethyl adjacent to an activating group) is 1. The predicted molar refractivity (Wildman–Crippen MR) is 147 cm³/mol. The summed E-state index contributed by atoms with van der Waals surface area (Å²) in [6.45, 7) is 7.83. The van der Waals surface area contributed by atoms with E-state index in [0.717, 1.165) is 37.9 Å². The first-order chi connectivity index (χ1) is 18.7. The average Bonchev–Trinajstić information content (AvgIpc) is 3.34. The van der Waals surface area contributed by atoms with Crippen LogP contribution < -0.4 is 15.0 Å². The van der Waals surface area contributed by atoms with E-state index in [9.17, 15) is 9.18 Å². The number of H-pyrrole nitrogens is 1. The molecule has 4 aromatic rings. The zero-order valence-corrected chi connectivity index (χ0v) is 22.4. The van der Waals surface area contributed by atoms with Crippen LogP contribution >= 0.6 is 0 Å². The van der Waals surface area contributed by atoms with Gasteiger partial charge in [-0.2, -0.15) is 0 Å². The lowest BCUT2D eigenvalue weighted by atomic mass is 10.2. The summed E-state index contributed by atoms with van der Waals surface area (Å²) in [5.74, 6) is -2.24. The Balaban J connectivity index is 1.48. The van der Waals surface area contributed by atoms with E-state index in [4.69, 9.17) is 4.74 Å². The van der Waals surface area contributed by atoms with Crippen molar-refractivity contribution < 1.29 is 18.3 Å². The van der Waals surface area contributed by atoms with Crippen LogP contribution in [0.3, 0.4) is 0 Å². The van der Waals surface area contributed by atoms with Crippen molar-refractivity contribution in [2.45, 2.75) is 13.8 Å². The van der Waals surface area contributed by atoms with Crippen molar-refractivity contribution in [3.63, 3.8) is 0 Å². The summed E-state index contributed by atoms with van der Waals surface area (Å²) in [4.78, 5) is 30.7. The number of hydrogen-bond donors (Lipinski definition) is 2. The lowest BCUT2D eigenvalue weighted by Gasteiger charge is -2.34. The van der Waals surface area contributed by atoms with Crippen LogP contribution in [0.25, 0.3) is 10.9 Å². The summed E-state index contributed by atoms with van der Waals surface area (Å²) >= 11 is 0. The van der Waals surface area contributed by atoms with Crippen LogP contribution in [0.1, 0.15) is 23.0 Å². The van der Waals surface area contributed by atoms with Gasteiger partial charge in [-0.05, 0) is 51.2 Å². The molecule has 0 unspecified atom stereocenters. The summed E-state index contributed by atoms with van der Waals surface area (Å²) in [7, 11) is 3.74. The number of anilines is 3. The van der Waals surface area contributed by atoms with Crippen molar-refractivity contribution in [3.8, 4) is 11.6 Å². The second-order valence-electron chi connectivity index (χ2n) is 9.70. The molecule has 2 aromatic carbocycles. The molecule has 0 bridgehead atoms. The first-order valence-corrected chi connectivity index (χ1v) is 12.8. The fourth-order valence-electron chi connectivity index (χ4n) is 4.54. The molecule has 0 atom stereocenters. The summed E-state index contributed by atoms with van der Waals surface area (Å²) in [6, 6.07) is 10.3. The predicted octanol–water partition coefficient (Wildman–Crippen LogP) is 4.92. The van der Waals surface area contributed by atoms with Crippen molar-refractivity contribution in [1.82, 2.24) is 24.8 Å². The maximum absolute atomic E-state index is 15.3. The van der Waals surface area contributed by atoms with E-state index in [-0.39, 0.29) is 33.9 Å². The van der Waals surface area contributed by atoms with E-state index >= 15 is 4.39 Å². The van der Waals surface area contributed by atoms with Gasteiger partial charge in [0.25, 0.3) is 5.91 Å². The van der Waals surface area contributed by atoms with Crippen LogP contribution in [0, 0.1) is 18.6 Å². The monoisotopic (exact) mass is 535 g/mol. The molecule has 2 aromatic heterocycles. The van der Waals surface area contributed by atoms with E-state index < -0.39 is 17.5 Å². The van der Waals surface area contributed by atoms with Crippen LogP contribution in [-0.4, -0.2) is 77.5 Å². The molecule has 2 N–H and O–H groups in total. The zero-order valence-electron chi connectivity index (χ0n) is 22.4. The lowest BCUT2D eigenvalue weighted by molar-refractivity contribution is 0.0799. The fraction of sp³-hybridized carbons (Fsp3) is 0.321. The minimum absolute atomic E-state index is 0.00940. The van der Waals surface area contributed by atoms with Crippen molar-refractivity contribution in [1.29, 1.82) is 0 Å². The summed E-state index contributed by atoms with van der Waals surface area (Å²) in [5, 5.41) is 3.23. The van der Waals surface area contributed by atoms with Gasteiger partial charge in [0.2, 0.25) is 5.88 Å². The number of aromatic amines is 1. The zero-order chi connectivity index (χ0) is 27.7. The quantitative estimate of drug-likeness (QED) is 0.347. The van der Waals surface area contributed by atoms with Gasteiger partial charge >= 0.3 is 0 Å². The molecule has 3 heterocycles. The van der Waals surface area contributed by atoms with E-state index in [1.165, 1.54) is 17.3 Å². The maximum Gasteiger partial charge on any atom is 0.262 e. The molecule has 1 aliphatic rings. The lowest BCUT2D eigenvalue weighted by Crippen LogP contribution is -2.44. The summed E-state index contributed by atoms with van der Waals surface area (Å²) in [6.07, 6.45) is 1.21. The number of benzene rings is 2. The van der Waals surface area contributed by atoms with E-state index in [1.807, 2.05) is 31.2 Å². The average molecular weight is 536 g/mol. The third kappa shape index (κ3) is 5.35. The van der Waals surface area contributed by atoms with Gasteiger partial charge in [0.1, 0.15) is 11.9 Å². The molecule has 39 heavy (non-hydrogen) atoms. The highest BCUT2D eigenvalue weighted by molar-refractivity contribution is 6.01. The van der Waals surface area contributed by atoms with Crippen LogP contribution in [0.2, 0.25) is 0 Å². The van der Waals surface area contributed by atoms with Crippen molar-refractivity contribution in [3.05, 3.63) is 65.6 Å². The molecule has 0 radical (unpaired) electrons. The summed E-state index contributed by atoms with van der Waals surface area (Å²) in [5.41, 5.74) is 2.47. The van der Waals surface area contributed by atoms with Gasteiger partial charge < -0.3 is 29.7 Å². The highest BCUT2D eigenvalue weighted by Gasteiger charge is 2.26. The maximum atomic E-state index is 15.3. The van der Waals surface area contributed by atoms with Gasteiger partial charge in [0.05, 0.1) is 5.52 Å². The van der Waals surface area contributed by atoms with Crippen molar-refractivity contribution >= 4 is 34.0 Å². The smallest absolute Gasteiger partial charge is 0.262 e. The minimum atomic E-state index is -0.759. The Labute approximate surface area is 225 Å². The third-order valence-electron chi connectivity index (χ3n) is 6.95. The summed E-state index contributed by atoms with van der Waals surface area (Å²) < 4.78 is 35.8. The molecule has 1 saturated heterocycles. The van der Waals surface area contributed by atoms with E-state index in [1.54, 1.807) is 14.0 Å². The number of rotatable bonds is 7. The van der Waals surface area contributed by atoms with Crippen molar-refractivity contribution in [2.24, 2.45) is 0 Å². The number of aryl methyl sites for hydroxylation is 1. The number of nitrogens with one attached hydrogen (secondary N) is 2. The number of carbonyl (C=O) groups is 1. The van der Waals surface area contributed by atoms with Gasteiger partial charge in [-0.25, -0.2) is 18.7 Å². The van der Waals surface area contributed by atoms with Crippen LogP contribution in [0.4, 0.5) is 26.0 Å². The molecular weight excluding hydrogens is 504 g/mol. The van der Waals surface area contributed by atoms with Gasteiger partial charge in [-0.1, -0.05) is 0 Å². The Morgan fingerprint density at radius 2 is 1.85 bits per heavy atom. The molecule has 1 amide bonds. The van der Waals surface area contributed by atoms with Gasteiger partial charge in [-0.3, -0.25) is 4.79 Å². The first kappa shape index (κ1) is 26.4. The Morgan fingerprint density at radius 1 is 1.13 bits per heavy atom. The first-order valence-electron chi connectivity index (χ1n) is 12.8. The number of amides is 1. The highest BCUT2D eigenvalue weighted by atomic mass is 19.1. The number of ether oxygens (including phenoxy) is 1. The van der Waals surface area contributed by atoms with Crippen molar-refractivity contribution in [2.75, 3.05) is 57.0 Å². The normalized spacial score (nSPS) is 14.1. The molecule has 0 saturated carbocycles. The second-order valence-corrected chi connectivity index (χ2v) is 9.70. The highest BCUT2D eigenvalue weighted by Crippen LogP contribution is 2.35. The number of piperazine rings is 1. The number of hydrogen-bond acceptors (Lipinski definition) is 7. The van der Waals surface area contributed by atoms with Gasteiger partial charge in [0, 0.05) is 68.3 Å². The number of nitrogens with zero attached hydrogens (tertiary/aromatic N) is 5. The molecule has 1 fully saturated rings. The number of halogens is 2. The number of fused-ring (bicyclic) bond motifs is 1. The van der Waals surface area contributed by atoms with E-state index in [2.05, 4.69) is 37.1 Å². The van der Waals surface area contributed by atoms with Crippen LogP contribution in [0.15, 0.2) is 42.7 Å². The van der Waals surface area contributed by atoms with Gasteiger partial charge in [0.15, 0.2) is 23.2 Å². The largest absolute Gasteiger partial charge is 0.435 e. The molecule has 1 aliphatic heterocycles. The van der Waals surface area contributed by atoms with Crippen LogP contribution in [-0.2, 0) is 0 Å². The number of aromatic nitrogens is 3. The third-order valence-corrected chi connectivity index (χ3v) is 6.95. The SMILES string of the molecule is CCN(C)C(=O)c1c(Nc2ccc(N3CCN(C)CC3)cc2)ncnc1Oc1cc(F)c2[nH]c(C)cc2c1F. The fourth-order valence-corrected chi connectivity index (χ4v) is 4.54. The minimum Gasteiger partial charge on any atom is -0.435 e. The van der Waals surface area contributed by atoms with Crippen LogP contribution in [0.5, 0.6) is 11.6 Å². The Bertz CT molecular complexity index is 1500. The molecular formula is C28H31F2N7O2. The molecule has 11 heteroatoms. The number of carbonyl (C=O) groups excluding carboxylic acids is 1. The Morgan fingerprint density at radius 3 is 2.54 bits per heavy atom. The topological polar surface area (TPSA) is 89.6 Å². The van der Waals surface area contributed by atoms with E-state index in [0.29, 0.717) is 17.9 Å². The second kappa shape index (κ2) is 10.9. The van der Waals surface area contributed by atoms with Gasteiger partial charge in [-0.15, -0.1) is 0 Å². The molecule has 204 valence electrons. The molecule has 5 rings (SSSR count). The Kier molecular flexibility index (Phi) is 7.34. The molecule has 0 aliphatic carbocycles.